The van der Waals surface area contributed by atoms with Crippen molar-refractivity contribution in [2.24, 2.45) is 0 Å². The fraction of sp³-hybridized carbons (Fsp3) is 0.167. The van der Waals surface area contributed by atoms with Crippen molar-refractivity contribution in [1.82, 2.24) is 0 Å². The van der Waals surface area contributed by atoms with Crippen molar-refractivity contribution in [3.8, 4) is 0 Å². The molecule has 0 unspecified atom stereocenters. The second-order valence-corrected chi connectivity index (χ2v) is 10.6. The van der Waals surface area contributed by atoms with Crippen molar-refractivity contribution in [1.29, 1.82) is 0 Å². The van der Waals surface area contributed by atoms with Gasteiger partial charge in [0.05, 0.1) is 17.3 Å². The second-order valence-electron chi connectivity index (χ2n) is 8.13. The molecule has 1 atom stereocenters. The van der Waals surface area contributed by atoms with E-state index in [1.165, 1.54) is 17.0 Å². The number of carbonyl (C=O) groups is 2. The van der Waals surface area contributed by atoms with Crippen LogP contribution in [0.2, 0.25) is 5.02 Å². The Morgan fingerprint density at radius 1 is 1.03 bits per heavy atom. The minimum atomic E-state index is -4.30. The molecule has 0 N–H and O–H groups in total. The van der Waals surface area contributed by atoms with Gasteiger partial charge in [0.25, 0.3) is 10.8 Å². The summed E-state index contributed by atoms with van der Waals surface area (Å²) in [5.74, 6) is -3.10. The number of para-hydroxylation sites is 1. The molecule has 2 amide bonds. The Balaban J connectivity index is 1.74. The molecule has 3 aromatic rings. The standard InChI is InChI=1S/C24H18ClFN2O4S/c1-15-5-4-6-16(11-15)13-27-21-8-3-2-7-18(21)24(23(27)30)28(22(29)14-33(24,31)32)17-9-10-20(26)19(25)12-17/h2-12H,13-14H2,1H3/t24-/m1/s1. The first-order chi connectivity index (χ1) is 15.7. The summed E-state index contributed by atoms with van der Waals surface area (Å²) >= 11 is 5.94. The van der Waals surface area contributed by atoms with Crippen molar-refractivity contribution < 1.29 is 22.4 Å². The molecule has 168 valence electrons. The Hall–Kier alpha value is -3.23. The van der Waals surface area contributed by atoms with E-state index in [-0.39, 0.29) is 22.8 Å². The number of hydrogen-bond donors (Lipinski definition) is 0. The molecule has 1 fully saturated rings. The molecule has 5 rings (SSSR count). The van der Waals surface area contributed by atoms with Gasteiger partial charge in [-0.05, 0) is 36.8 Å². The highest BCUT2D eigenvalue weighted by Gasteiger charge is 2.69. The van der Waals surface area contributed by atoms with Crippen LogP contribution in [0, 0.1) is 12.7 Å². The molecule has 0 aliphatic carbocycles. The number of fused-ring (bicyclic) bond motifs is 2. The summed E-state index contributed by atoms with van der Waals surface area (Å²) in [5, 5.41) is -0.282. The molecule has 0 aromatic heterocycles. The smallest absolute Gasteiger partial charge is 0.274 e. The van der Waals surface area contributed by atoms with Gasteiger partial charge < -0.3 is 4.90 Å². The first-order valence-electron chi connectivity index (χ1n) is 10.1. The van der Waals surface area contributed by atoms with Crippen LogP contribution in [0.15, 0.2) is 66.7 Å². The Kier molecular flexibility index (Phi) is 4.84. The molecule has 2 heterocycles. The number of amides is 2. The van der Waals surface area contributed by atoms with Crippen molar-refractivity contribution in [2.75, 3.05) is 15.6 Å². The van der Waals surface area contributed by atoms with E-state index < -0.39 is 38.1 Å². The lowest BCUT2D eigenvalue weighted by molar-refractivity contribution is -0.123. The number of aryl methyl sites for hydroxylation is 1. The quantitative estimate of drug-likeness (QED) is 0.564. The number of nitrogens with zero attached hydrogens (tertiary/aromatic N) is 2. The van der Waals surface area contributed by atoms with Gasteiger partial charge in [0, 0.05) is 11.3 Å². The highest BCUT2D eigenvalue weighted by molar-refractivity contribution is 7.94. The molecule has 6 nitrogen and oxygen atoms in total. The number of halogens is 2. The van der Waals surface area contributed by atoms with E-state index in [9.17, 15) is 22.4 Å². The van der Waals surface area contributed by atoms with Crippen LogP contribution in [0.1, 0.15) is 16.7 Å². The summed E-state index contributed by atoms with van der Waals surface area (Å²) in [5.41, 5.74) is 2.43. The van der Waals surface area contributed by atoms with Crippen LogP contribution >= 0.6 is 11.6 Å². The van der Waals surface area contributed by atoms with E-state index >= 15 is 0 Å². The van der Waals surface area contributed by atoms with Gasteiger partial charge in [-0.1, -0.05) is 59.6 Å². The number of rotatable bonds is 3. The Morgan fingerprint density at radius 2 is 1.79 bits per heavy atom. The van der Waals surface area contributed by atoms with Gasteiger partial charge in [0.1, 0.15) is 11.6 Å². The first-order valence-corrected chi connectivity index (χ1v) is 12.2. The number of benzene rings is 3. The van der Waals surface area contributed by atoms with Gasteiger partial charge in [-0.25, -0.2) is 12.8 Å². The lowest BCUT2D eigenvalue weighted by atomic mass is 10.0. The van der Waals surface area contributed by atoms with E-state index in [1.54, 1.807) is 18.2 Å². The molecular weight excluding hydrogens is 467 g/mol. The van der Waals surface area contributed by atoms with E-state index in [2.05, 4.69) is 0 Å². The number of hydrogen-bond acceptors (Lipinski definition) is 4. The maximum absolute atomic E-state index is 14.0. The Bertz CT molecular complexity index is 1440. The Morgan fingerprint density at radius 3 is 2.52 bits per heavy atom. The summed E-state index contributed by atoms with van der Waals surface area (Å²) in [6.07, 6.45) is 0. The van der Waals surface area contributed by atoms with Gasteiger partial charge >= 0.3 is 0 Å². The molecule has 0 saturated carbocycles. The summed E-state index contributed by atoms with van der Waals surface area (Å²) in [4.78, 5) is 27.1. The van der Waals surface area contributed by atoms with E-state index in [1.807, 2.05) is 31.2 Å². The molecular formula is C24H18ClFN2O4S. The fourth-order valence-corrected chi connectivity index (χ4v) is 6.87. The molecule has 1 saturated heterocycles. The van der Waals surface area contributed by atoms with Crippen LogP contribution in [0.3, 0.4) is 0 Å². The van der Waals surface area contributed by atoms with E-state index in [0.29, 0.717) is 5.69 Å². The zero-order valence-corrected chi connectivity index (χ0v) is 19.0. The highest BCUT2D eigenvalue weighted by atomic mass is 35.5. The normalized spacial score (nSPS) is 21.2. The lowest BCUT2D eigenvalue weighted by Crippen LogP contribution is -2.54. The third-order valence-corrected chi connectivity index (χ3v) is 8.40. The molecule has 2 aliphatic heterocycles. The third kappa shape index (κ3) is 3.01. The fourth-order valence-electron chi connectivity index (χ4n) is 4.67. The molecule has 33 heavy (non-hydrogen) atoms. The molecule has 0 radical (unpaired) electrons. The molecule has 9 heteroatoms. The molecule has 1 spiro atoms. The second kappa shape index (κ2) is 7.40. The lowest BCUT2D eigenvalue weighted by Gasteiger charge is -2.32. The van der Waals surface area contributed by atoms with Crippen LogP contribution in [0.25, 0.3) is 0 Å². The van der Waals surface area contributed by atoms with Gasteiger partial charge in [-0.15, -0.1) is 0 Å². The van der Waals surface area contributed by atoms with Crippen molar-refractivity contribution in [3.63, 3.8) is 0 Å². The maximum Gasteiger partial charge on any atom is 0.274 e. The minimum Gasteiger partial charge on any atom is -0.304 e. The van der Waals surface area contributed by atoms with Crippen LogP contribution in [-0.4, -0.2) is 26.0 Å². The summed E-state index contributed by atoms with van der Waals surface area (Å²) in [6, 6.07) is 17.5. The summed E-state index contributed by atoms with van der Waals surface area (Å²) < 4.78 is 40.9. The summed E-state index contributed by atoms with van der Waals surface area (Å²) in [6.45, 7) is 2.05. The number of carbonyl (C=O) groups excluding carboxylic acids is 2. The number of sulfone groups is 1. The third-order valence-electron chi connectivity index (χ3n) is 6.01. The zero-order chi connectivity index (χ0) is 23.5. The monoisotopic (exact) mass is 484 g/mol. The van der Waals surface area contributed by atoms with Crippen molar-refractivity contribution in [3.05, 3.63) is 94.3 Å². The highest BCUT2D eigenvalue weighted by Crippen LogP contribution is 2.53. The average molecular weight is 485 g/mol. The van der Waals surface area contributed by atoms with Gasteiger partial charge in [0.15, 0.2) is 9.84 Å². The topological polar surface area (TPSA) is 74.8 Å². The first kappa shape index (κ1) is 21.6. The maximum atomic E-state index is 14.0. The minimum absolute atomic E-state index is 0.0352. The van der Waals surface area contributed by atoms with Gasteiger partial charge in [-0.3, -0.25) is 14.5 Å². The van der Waals surface area contributed by atoms with E-state index in [4.69, 9.17) is 11.6 Å². The summed E-state index contributed by atoms with van der Waals surface area (Å²) in [7, 11) is -4.30. The largest absolute Gasteiger partial charge is 0.304 e. The van der Waals surface area contributed by atoms with Crippen molar-refractivity contribution >= 4 is 44.6 Å². The predicted molar refractivity (Wildman–Crippen MR) is 123 cm³/mol. The van der Waals surface area contributed by atoms with Crippen LogP contribution < -0.4 is 9.80 Å². The van der Waals surface area contributed by atoms with Gasteiger partial charge in [-0.2, -0.15) is 0 Å². The van der Waals surface area contributed by atoms with Crippen molar-refractivity contribution in [2.45, 2.75) is 18.3 Å². The molecule has 2 aliphatic rings. The molecule has 3 aromatic carbocycles. The predicted octanol–water partition coefficient (Wildman–Crippen LogP) is 3.95. The number of anilines is 2. The van der Waals surface area contributed by atoms with E-state index in [0.717, 1.165) is 28.2 Å². The van der Waals surface area contributed by atoms with Crippen LogP contribution in [0.4, 0.5) is 15.8 Å². The van der Waals surface area contributed by atoms with Crippen LogP contribution in [-0.2, 0) is 30.8 Å². The molecule has 0 bridgehead atoms. The van der Waals surface area contributed by atoms with Crippen LogP contribution in [0.5, 0.6) is 0 Å². The Labute approximate surface area is 195 Å². The SMILES string of the molecule is Cc1cccc(CN2C(=O)[C@]3(c4ccccc42)N(c2ccc(F)c(Cl)c2)C(=O)CS3(=O)=O)c1. The average Bonchev–Trinajstić information content (AvgIpc) is 3.13. The van der Waals surface area contributed by atoms with Gasteiger partial charge in [0.2, 0.25) is 5.91 Å². The zero-order valence-electron chi connectivity index (χ0n) is 17.5.